The number of rotatable bonds is 7. The lowest BCUT2D eigenvalue weighted by atomic mass is 10.1. The topological polar surface area (TPSA) is 90.5 Å². The summed E-state index contributed by atoms with van der Waals surface area (Å²) in [7, 11) is 0. The summed E-state index contributed by atoms with van der Waals surface area (Å²) < 4.78 is 18.7. The highest BCUT2D eigenvalue weighted by atomic mass is 19.1. The monoisotopic (exact) mass is 391 g/mol. The summed E-state index contributed by atoms with van der Waals surface area (Å²) in [6.07, 6.45) is 2.14. The van der Waals surface area contributed by atoms with Crippen molar-refractivity contribution in [3.8, 4) is 0 Å². The highest BCUT2D eigenvalue weighted by Gasteiger charge is 2.15. The summed E-state index contributed by atoms with van der Waals surface area (Å²) in [6.45, 7) is 9.67. The quantitative estimate of drug-likeness (QED) is 0.332. The molecule has 0 saturated carbocycles. The third kappa shape index (κ3) is 7.09. The molecule has 0 atom stereocenters. The maximum absolute atomic E-state index is 13.5. The second-order valence-corrected chi connectivity index (χ2v) is 7.37. The molecule has 2 rings (SSSR count). The van der Waals surface area contributed by atoms with Gasteiger partial charge in [0.2, 0.25) is 0 Å². The fourth-order valence-corrected chi connectivity index (χ4v) is 2.65. The Bertz CT molecular complexity index is 811. The zero-order chi connectivity index (χ0) is 20.6. The van der Waals surface area contributed by atoms with Crippen molar-refractivity contribution in [2.24, 2.45) is 4.99 Å². The summed E-state index contributed by atoms with van der Waals surface area (Å²) >= 11 is 0. The van der Waals surface area contributed by atoms with Crippen LogP contribution in [0.4, 0.5) is 9.18 Å². The van der Waals surface area contributed by atoms with Crippen molar-refractivity contribution in [2.45, 2.75) is 39.7 Å². The minimum absolute atomic E-state index is 0.246. The molecule has 0 aliphatic heterocycles. The highest BCUT2D eigenvalue weighted by Crippen LogP contribution is 2.19. The van der Waals surface area contributed by atoms with Crippen LogP contribution in [0.3, 0.4) is 0 Å². The van der Waals surface area contributed by atoms with E-state index >= 15 is 0 Å². The molecule has 7 nitrogen and oxygen atoms in total. The number of aliphatic imine (C=N–C) groups is 1. The lowest BCUT2D eigenvalue weighted by Crippen LogP contribution is -2.42. The smallest absolute Gasteiger partial charge is 0.407 e. The molecule has 0 fully saturated rings. The van der Waals surface area contributed by atoms with E-state index in [4.69, 9.17) is 4.74 Å². The maximum Gasteiger partial charge on any atom is 0.407 e. The molecule has 2 aromatic rings. The number of ether oxygens (including phenoxy) is 1. The van der Waals surface area contributed by atoms with Gasteiger partial charge in [-0.25, -0.2) is 9.18 Å². The van der Waals surface area contributed by atoms with E-state index in [2.05, 4.69) is 25.9 Å². The van der Waals surface area contributed by atoms with Crippen molar-refractivity contribution < 1.29 is 13.9 Å². The molecule has 0 unspecified atom stereocenters. The third-order valence-electron chi connectivity index (χ3n) is 3.81. The van der Waals surface area contributed by atoms with Gasteiger partial charge < -0.3 is 25.7 Å². The molecule has 0 saturated heterocycles. The van der Waals surface area contributed by atoms with Crippen molar-refractivity contribution in [3.63, 3.8) is 0 Å². The van der Waals surface area contributed by atoms with Crippen LogP contribution in [0.15, 0.2) is 29.4 Å². The molecule has 1 aromatic heterocycles. The number of amides is 1. The molecule has 154 valence electrons. The van der Waals surface area contributed by atoms with Gasteiger partial charge in [-0.05, 0) is 57.9 Å². The van der Waals surface area contributed by atoms with Crippen molar-refractivity contribution in [2.75, 3.05) is 26.2 Å². The van der Waals surface area contributed by atoms with Gasteiger partial charge in [-0.2, -0.15) is 0 Å². The zero-order valence-corrected chi connectivity index (χ0v) is 17.0. The number of carbonyl (C=O) groups is 1. The first kappa shape index (κ1) is 21.5. The first-order chi connectivity index (χ1) is 13.3. The van der Waals surface area contributed by atoms with E-state index in [9.17, 15) is 9.18 Å². The number of H-pyrrole nitrogens is 1. The van der Waals surface area contributed by atoms with Gasteiger partial charge in [0, 0.05) is 43.3 Å². The van der Waals surface area contributed by atoms with Crippen LogP contribution in [0.2, 0.25) is 0 Å². The Balaban J connectivity index is 1.81. The normalized spacial score (nSPS) is 12.1. The van der Waals surface area contributed by atoms with Crippen LogP contribution < -0.4 is 16.0 Å². The zero-order valence-electron chi connectivity index (χ0n) is 17.0. The second-order valence-electron chi connectivity index (χ2n) is 7.37. The summed E-state index contributed by atoms with van der Waals surface area (Å²) in [6, 6.07) is 4.72. The number of carbonyl (C=O) groups excluding carboxylic acids is 1. The summed E-state index contributed by atoms with van der Waals surface area (Å²) in [5.41, 5.74) is 1.43. The van der Waals surface area contributed by atoms with E-state index in [1.165, 1.54) is 12.1 Å². The van der Waals surface area contributed by atoms with Gasteiger partial charge in [0.15, 0.2) is 5.96 Å². The van der Waals surface area contributed by atoms with E-state index in [0.29, 0.717) is 32.0 Å². The molecule has 4 N–H and O–H groups in total. The predicted molar refractivity (Wildman–Crippen MR) is 110 cm³/mol. The average Bonchev–Trinajstić information content (AvgIpc) is 2.99. The minimum atomic E-state index is -0.515. The molecule has 1 amide bonds. The first-order valence-corrected chi connectivity index (χ1v) is 9.53. The molecule has 1 aromatic carbocycles. The SMILES string of the molecule is CCNC(=NCCc1c[nH]c2ccc(F)cc12)NCCNC(=O)OC(C)(C)C. The highest BCUT2D eigenvalue weighted by molar-refractivity contribution is 5.83. The molecule has 0 radical (unpaired) electrons. The Kier molecular flexibility index (Phi) is 7.66. The van der Waals surface area contributed by atoms with E-state index in [0.717, 1.165) is 23.0 Å². The van der Waals surface area contributed by atoms with Crippen LogP contribution in [-0.4, -0.2) is 48.8 Å². The maximum atomic E-state index is 13.5. The van der Waals surface area contributed by atoms with Crippen LogP contribution >= 0.6 is 0 Å². The molecular formula is C20H30FN5O2. The van der Waals surface area contributed by atoms with Crippen LogP contribution in [-0.2, 0) is 11.2 Å². The van der Waals surface area contributed by atoms with Gasteiger partial charge in [0.1, 0.15) is 11.4 Å². The van der Waals surface area contributed by atoms with E-state index < -0.39 is 11.7 Å². The number of aromatic amines is 1. The van der Waals surface area contributed by atoms with Crippen molar-refractivity contribution in [1.29, 1.82) is 0 Å². The first-order valence-electron chi connectivity index (χ1n) is 9.53. The van der Waals surface area contributed by atoms with Gasteiger partial charge >= 0.3 is 6.09 Å². The van der Waals surface area contributed by atoms with Gasteiger partial charge in [0.25, 0.3) is 0 Å². The van der Waals surface area contributed by atoms with Crippen LogP contribution in [0.25, 0.3) is 10.9 Å². The largest absolute Gasteiger partial charge is 0.444 e. The lowest BCUT2D eigenvalue weighted by Gasteiger charge is -2.19. The molecule has 1 heterocycles. The Morgan fingerprint density at radius 3 is 2.68 bits per heavy atom. The molecule has 0 spiro atoms. The number of guanidine groups is 1. The molecule has 8 heteroatoms. The number of halogens is 1. The van der Waals surface area contributed by atoms with Crippen molar-refractivity contribution >= 4 is 23.0 Å². The van der Waals surface area contributed by atoms with Crippen LogP contribution in [0, 0.1) is 5.82 Å². The molecule has 0 bridgehead atoms. The van der Waals surface area contributed by atoms with Gasteiger partial charge in [-0.15, -0.1) is 0 Å². The van der Waals surface area contributed by atoms with Crippen LogP contribution in [0.5, 0.6) is 0 Å². The Labute approximate surface area is 165 Å². The van der Waals surface area contributed by atoms with Crippen molar-refractivity contribution in [3.05, 3.63) is 35.8 Å². The summed E-state index contributed by atoms with van der Waals surface area (Å²) in [5.74, 6) is 0.420. The number of benzene rings is 1. The summed E-state index contributed by atoms with van der Waals surface area (Å²) in [5, 5.41) is 9.91. The van der Waals surface area contributed by atoms with E-state index in [1.54, 1.807) is 6.07 Å². The summed E-state index contributed by atoms with van der Waals surface area (Å²) in [4.78, 5) is 19.3. The Morgan fingerprint density at radius 1 is 1.21 bits per heavy atom. The molecule has 0 aliphatic rings. The molecular weight excluding hydrogens is 361 g/mol. The molecule has 0 aliphatic carbocycles. The van der Waals surface area contributed by atoms with Gasteiger partial charge in [-0.3, -0.25) is 4.99 Å². The fraction of sp³-hybridized carbons (Fsp3) is 0.500. The van der Waals surface area contributed by atoms with Crippen LogP contribution in [0.1, 0.15) is 33.3 Å². The minimum Gasteiger partial charge on any atom is -0.444 e. The average molecular weight is 391 g/mol. The van der Waals surface area contributed by atoms with Crippen molar-refractivity contribution in [1.82, 2.24) is 20.9 Å². The number of nitrogens with one attached hydrogen (secondary N) is 4. The second kappa shape index (κ2) is 9.96. The van der Waals surface area contributed by atoms with E-state index in [1.807, 2.05) is 33.9 Å². The standard InChI is InChI=1S/C20H30FN5O2/c1-5-22-18(24-10-11-25-19(27)28-20(2,3)4)23-9-8-14-13-26-17-7-6-15(21)12-16(14)17/h6-7,12-13,26H,5,8-11H2,1-4H3,(H,25,27)(H2,22,23,24). The van der Waals surface area contributed by atoms with Gasteiger partial charge in [-0.1, -0.05) is 0 Å². The Hall–Kier alpha value is -2.77. The Morgan fingerprint density at radius 2 is 1.96 bits per heavy atom. The van der Waals surface area contributed by atoms with Gasteiger partial charge in [0.05, 0.1) is 0 Å². The predicted octanol–water partition coefficient (Wildman–Crippen LogP) is 2.93. The number of nitrogens with zero attached hydrogens (tertiary/aromatic N) is 1. The number of hydrogen-bond acceptors (Lipinski definition) is 3. The number of aromatic nitrogens is 1. The number of alkyl carbamates (subject to hydrolysis) is 1. The lowest BCUT2D eigenvalue weighted by molar-refractivity contribution is 0.0529. The third-order valence-corrected chi connectivity index (χ3v) is 3.81. The van der Waals surface area contributed by atoms with E-state index in [-0.39, 0.29) is 5.82 Å². The fourth-order valence-electron chi connectivity index (χ4n) is 2.65. The number of hydrogen-bond donors (Lipinski definition) is 4. The molecule has 28 heavy (non-hydrogen) atoms. The number of fused-ring (bicyclic) bond motifs is 1.